The molecule has 1 aliphatic rings. The maximum absolute atomic E-state index is 5.71. The van der Waals surface area contributed by atoms with Crippen molar-refractivity contribution in [2.45, 2.75) is 26.8 Å². The van der Waals surface area contributed by atoms with Gasteiger partial charge in [0.15, 0.2) is 11.5 Å². The zero-order valence-corrected chi connectivity index (χ0v) is 19.4. The second-order valence-electron chi connectivity index (χ2n) is 7.57. The SMILES string of the molecule is CCOc1ccc([C@H](CNc2ncnc3sc(C)c(C)c23)N2CCOCC2)cc1OC. The standard InChI is InChI=1S/C23H30N4O3S/c1-5-30-19-7-6-17(12-20(19)28-4)18(27-8-10-29-11-9-27)13-24-22-21-15(2)16(3)31-23(21)26-14-25-22/h6-7,12,14,18H,5,8-11,13H2,1-4H3,(H,24,25,26)/t18-/m0/s1. The van der Waals surface area contributed by atoms with Crippen LogP contribution in [0.1, 0.15) is 29.0 Å². The van der Waals surface area contributed by atoms with Gasteiger partial charge in [0, 0.05) is 24.5 Å². The second-order valence-corrected chi connectivity index (χ2v) is 8.78. The van der Waals surface area contributed by atoms with Crippen LogP contribution < -0.4 is 14.8 Å². The highest BCUT2D eigenvalue weighted by Gasteiger charge is 2.24. The van der Waals surface area contributed by atoms with Gasteiger partial charge in [0.2, 0.25) is 0 Å². The molecule has 0 unspecified atom stereocenters. The Morgan fingerprint density at radius 3 is 2.74 bits per heavy atom. The van der Waals surface area contributed by atoms with Crippen molar-refractivity contribution >= 4 is 27.4 Å². The van der Waals surface area contributed by atoms with E-state index in [1.165, 1.54) is 16.0 Å². The van der Waals surface area contributed by atoms with Crippen LogP contribution in [-0.4, -0.2) is 61.4 Å². The molecule has 0 spiro atoms. The van der Waals surface area contributed by atoms with Crippen LogP contribution in [0.2, 0.25) is 0 Å². The zero-order chi connectivity index (χ0) is 21.8. The van der Waals surface area contributed by atoms with Gasteiger partial charge in [-0.1, -0.05) is 6.07 Å². The van der Waals surface area contributed by atoms with Crippen LogP contribution in [-0.2, 0) is 4.74 Å². The highest BCUT2D eigenvalue weighted by atomic mass is 32.1. The minimum Gasteiger partial charge on any atom is -0.493 e. The van der Waals surface area contributed by atoms with Crippen molar-refractivity contribution in [3.63, 3.8) is 0 Å². The first kappa shape index (κ1) is 21.8. The fraction of sp³-hybridized carbons (Fsp3) is 0.478. The summed E-state index contributed by atoms with van der Waals surface area (Å²) < 4.78 is 16.9. The highest BCUT2D eigenvalue weighted by molar-refractivity contribution is 7.18. The van der Waals surface area contributed by atoms with Crippen molar-refractivity contribution in [1.82, 2.24) is 14.9 Å². The molecule has 31 heavy (non-hydrogen) atoms. The van der Waals surface area contributed by atoms with Crippen LogP contribution in [0.15, 0.2) is 24.5 Å². The van der Waals surface area contributed by atoms with E-state index in [9.17, 15) is 0 Å². The Bertz CT molecular complexity index is 1030. The monoisotopic (exact) mass is 442 g/mol. The molecule has 0 amide bonds. The average molecular weight is 443 g/mol. The molecule has 1 N–H and O–H groups in total. The number of thiophene rings is 1. The van der Waals surface area contributed by atoms with E-state index < -0.39 is 0 Å². The minimum atomic E-state index is 0.151. The molecule has 1 saturated heterocycles. The van der Waals surface area contributed by atoms with E-state index in [2.05, 4.69) is 46.2 Å². The first-order valence-corrected chi connectivity index (χ1v) is 11.5. The van der Waals surface area contributed by atoms with Crippen molar-refractivity contribution in [2.75, 3.05) is 51.9 Å². The van der Waals surface area contributed by atoms with Gasteiger partial charge < -0.3 is 19.5 Å². The summed E-state index contributed by atoms with van der Waals surface area (Å²) in [6, 6.07) is 6.37. The number of rotatable bonds is 8. The number of aryl methyl sites for hydroxylation is 2. The Kier molecular flexibility index (Phi) is 6.89. The summed E-state index contributed by atoms with van der Waals surface area (Å²) in [5.41, 5.74) is 2.42. The van der Waals surface area contributed by atoms with E-state index in [0.29, 0.717) is 6.61 Å². The fourth-order valence-corrected chi connectivity index (χ4v) is 5.02. The first-order chi connectivity index (χ1) is 15.1. The van der Waals surface area contributed by atoms with Crippen molar-refractivity contribution in [3.8, 4) is 11.5 Å². The first-order valence-electron chi connectivity index (χ1n) is 10.7. The number of morpholine rings is 1. The van der Waals surface area contributed by atoms with Gasteiger partial charge >= 0.3 is 0 Å². The summed E-state index contributed by atoms with van der Waals surface area (Å²) in [5, 5.41) is 4.74. The lowest BCUT2D eigenvalue weighted by molar-refractivity contribution is 0.0186. The lowest BCUT2D eigenvalue weighted by atomic mass is 10.0. The van der Waals surface area contributed by atoms with Gasteiger partial charge in [-0.25, -0.2) is 9.97 Å². The Balaban J connectivity index is 1.64. The summed E-state index contributed by atoms with van der Waals surface area (Å²) in [4.78, 5) is 13.8. The molecule has 0 aliphatic carbocycles. The molecule has 1 atom stereocenters. The van der Waals surface area contributed by atoms with Crippen molar-refractivity contribution < 1.29 is 14.2 Å². The third kappa shape index (κ3) is 4.61. The van der Waals surface area contributed by atoms with E-state index >= 15 is 0 Å². The van der Waals surface area contributed by atoms with E-state index in [1.807, 2.05) is 13.0 Å². The lowest BCUT2D eigenvalue weighted by Crippen LogP contribution is -2.41. The van der Waals surface area contributed by atoms with E-state index in [1.54, 1.807) is 24.8 Å². The zero-order valence-electron chi connectivity index (χ0n) is 18.6. The largest absolute Gasteiger partial charge is 0.493 e. The van der Waals surface area contributed by atoms with Gasteiger partial charge in [-0.15, -0.1) is 11.3 Å². The molecule has 7 nitrogen and oxygen atoms in total. The smallest absolute Gasteiger partial charge is 0.161 e. The third-order valence-electron chi connectivity index (χ3n) is 5.79. The molecule has 0 saturated carbocycles. The molecule has 0 bridgehead atoms. The maximum Gasteiger partial charge on any atom is 0.161 e. The number of hydrogen-bond donors (Lipinski definition) is 1. The van der Waals surface area contributed by atoms with Crippen LogP contribution in [0.5, 0.6) is 11.5 Å². The number of aromatic nitrogens is 2. The molecule has 1 fully saturated rings. The number of ether oxygens (including phenoxy) is 3. The normalized spacial score (nSPS) is 15.7. The van der Waals surface area contributed by atoms with Crippen LogP contribution in [0.25, 0.3) is 10.2 Å². The van der Waals surface area contributed by atoms with Crippen LogP contribution in [0.3, 0.4) is 0 Å². The molecule has 8 heteroatoms. The number of benzene rings is 1. The number of nitrogens with zero attached hydrogens (tertiary/aromatic N) is 3. The highest BCUT2D eigenvalue weighted by Crippen LogP contribution is 2.35. The summed E-state index contributed by atoms with van der Waals surface area (Å²) >= 11 is 1.71. The van der Waals surface area contributed by atoms with Crippen LogP contribution in [0, 0.1) is 13.8 Å². The van der Waals surface area contributed by atoms with E-state index in [0.717, 1.165) is 60.4 Å². The van der Waals surface area contributed by atoms with E-state index in [4.69, 9.17) is 14.2 Å². The molecule has 0 radical (unpaired) electrons. The van der Waals surface area contributed by atoms with Gasteiger partial charge in [0.05, 0.1) is 38.4 Å². The van der Waals surface area contributed by atoms with Gasteiger partial charge in [0.1, 0.15) is 17.0 Å². The summed E-state index contributed by atoms with van der Waals surface area (Å²) in [6.45, 7) is 10.8. The molecule has 4 rings (SSSR count). The lowest BCUT2D eigenvalue weighted by Gasteiger charge is -2.35. The Hall–Kier alpha value is -2.42. The number of nitrogens with one attached hydrogen (secondary N) is 1. The number of fused-ring (bicyclic) bond motifs is 1. The van der Waals surface area contributed by atoms with Crippen LogP contribution >= 0.6 is 11.3 Å². The molecule has 2 aromatic heterocycles. The molecular weight excluding hydrogens is 412 g/mol. The minimum absolute atomic E-state index is 0.151. The quantitative estimate of drug-likeness (QED) is 0.561. The fourth-order valence-electron chi connectivity index (χ4n) is 4.02. The van der Waals surface area contributed by atoms with Gasteiger partial charge in [-0.05, 0) is 44.0 Å². The van der Waals surface area contributed by atoms with Gasteiger partial charge in [-0.3, -0.25) is 4.90 Å². The third-order valence-corrected chi connectivity index (χ3v) is 6.90. The molecule has 3 heterocycles. The molecule has 166 valence electrons. The molecule has 3 aromatic rings. The topological polar surface area (TPSA) is 68.7 Å². The van der Waals surface area contributed by atoms with Gasteiger partial charge in [-0.2, -0.15) is 0 Å². The molecule has 1 aliphatic heterocycles. The van der Waals surface area contributed by atoms with Crippen molar-refractivity contribution in [1.29, 1.82) is 0 Å². The maximum atomic E-state index is 5.71. The predicted octanol–water partition coefficient (Wildman–Crippen LogP) is 4.20. The van der Waals surface area contributed by atoms with Gasteiger partial charge in [0.25, 0.3) is 0 Å². The van der Waals surface area contributed by atoms with Crippen molar-refractivity contribution in [3.05, 3.63) is 40.5 Å². The summed E-state index contributed by atoms with van der Waals surface area (Å²) in [6.07, 6.45) is 1.64. The summed E-state index contributed by atoms with van der Waals surface area (Å²) in [5.74, 6) is 2.42. The Morgan fingerprint density at radius 2 is 2.00 bits per heavy atom. The summed E-state index contributed by atoms with van der Waals surface area (Å²) in [7, 11) is 1.68. The number of anilines is 1. The molecular formula is C23H30N4O3S. The van der Waals surface area contributed by atoms with Crippen molar-refractivity contribution in [2.24, 2.45) is 0 Å². The average Bonchev–Trinajstić information content (AvgIpc) is 3.09. The number of hydrogen-bond acceptors (Lipinski definition) is 8. The predicted molar refractivity (Wildman–Crippen MR) is 125 cm³/mol. The second kappa shape index (κ2) is 9.80. The molecule has 1 aromatic carbocycles. The Morgan fingerprint density at radius 1 is 1.19 bits per heavy atom. The Labute approximate surface area is 187 Å². The number of methoxy groups -OCH3 is 1. The van der Waals surface area contributed by atoms with Crippen LogP contribution in [0.4, 0.5) is 5.82 Å². The van der Waals surface area contributed by atoms with E-state index in [-0.39, 0.29) is 6.04 Å².